The average Bonchev–Trinajstić information content (AvgIpc) is 3.68. The van der Waals surface area contributed by atoms with E-state index in [-0.39, 0.29) is 35.2 Å². The molecule has 4 aromatic rings. The number of aliphatic carboxylic acids is 1. The van der Waals surface area contributed by atoms with Crippen LogP contribution < -0.4 is 9.64 Å². The van der Waals surface area contributed by atoms with Gasteiger partial charge in [0.25, 0.3) is 0 Å². The smallest absolute Gasteiger partial charge is 0.328 e. The minimum Gasteiger partial charge on any atom is -0.478 e. The van der Waals surface area contributed by atoms with Gasteiger partial charge in [-0.25, -0.2) is 9.18 Å². The van der Waals surface area contributed by atoms with Crippen LogP contribution in [0.3, 0.4) is 0 Å². The Kier molecular flexibility index (Phi) is 8.33. The Labute approximate surface area is 258 Å². The van der Waals surface area contributed by atoms with Gasteiger partial charge in [0.15, 0.2) is 5.82 Å². The highest BCUT2D eigenvalue weighted by Crippen LogP contribution is 2.37. The van der Waals surface area contributed by atoms with Gasteiger partial charge in [-0.2, -0.15) is 9.97 Å². The number of hydrogen-bond donors (Lipinski definition) is 1. The number of carbonyl (C=O) groups excluding carboxylic acids is 1. The molecule has 228 valence electrons. The van der Waals surface area contributed by atoms with Crippen LogP contribution in [0.2, 0.25) is 5.02 Å². The van der Waals surface area contributed by atoms with E-state index in [1.807, 2.05) is 43.3 Å². The van der Waals surface area contributed by atoms with E-state index in [9.17, 15) is 9.59 Å². The summed E-state index contributed by atoms with van der Waals surface area (Å²) in [6.45, 7) is 2.13. The number of carbonyl (C=O) groups is 2. The molecular formula is C32H32ClFN6O4. The Morgan fingerprint density at radius 1 is 1.16 bits per heavy atom. The van der Waals surface area contributed by atoms with Crippen molar-refractivity contribution in [2.24, 2.45) is 0 Å². The van der Waals surface area contributed by atoms with Gasteiger partial charge in [-0.05, 0) is 44.3 Å². The molecule has 2 fully saturated rings. The number of carboxylic acid groups (broad SMARTS) is 1. The zero-order valence-corrected chi connectivity index (χ0v) is 25.2. The summed E-state index contributed by atoms with van der Waals surface area (Å²) in [7, 11) is 3.88. The standard InChI is InChI=1S/C32H32ClFN6O4/c1-38-14-5-8-21(38)18-44-32-36-30-23(31(37-32)39(2)20-13-15-40(17-20)25(41)11-12-26(42)43)16-35-29(28(30)34)22-9-3-6-19-7-4-10-24(33)27(19)22/h3-4,6-7,9-12,16,20-21H,5,8,13-15,17-18H2,1-2H3,(H,42,43)/b12-11+/t20-,21-/m0/s1. The summed E-state index contributed by atoms with van der Waals surface area (Å²) in [5.41, 5.74) is 0.740. The lowest BCUT2D eigenvalue weighted by molar-refractivity contribution is -0.132. The molecule has 0 spiro atoms. The minimum atomic E-state index is -1.19. The van der Waals surface area contributed by atoms with E-state index >= 15 is 4.39 Å². The van der Waals surface area contributed by atoms with Crippen molar-refractivity contribution >= 4 is 51.0 Å². The maximum absolute atomic E-state index is 16.5. The number of halogens is 2. The van der Waals surface area contributed by atoms with Gasteiger partial charge in [0.2, 0.25) is 5.91 Å². The fraction of sp³-hybridized carbons (Fsp3) is 0.344. The Morgan fingerprint density at radius 2 is 1.95 bits per heavy atom. The molecule has 0 aliphatic carbocycles. The summed E-state index contributed by atoms with van der Waals surface area (Å²) in [4.78, 5) is 42.9. The van der Waals surface area contributed by atoms with E-state index in [1.54, 1.807) is 23.2 Å². The number of likely N-dealkylation sites (N-methyl/N-ethyl adjacent to an activating group) is 2. The zero-order valence-electron chi connectivity index (χ0n) is 24.4. The topological polar surface area (TPSA) is 112 Å². The zero-order chi connectivity index (χ0) is 31.0. The van der Waals surface area contributed by atoms with Crippen LogP contribution in [0.5, 0.6) is 6.01 Å². The van der Waals surface area contributed by atoms with Crippen LogP contribution in [0.25, 0.3) is 32.9 Å². The molecule has 6 rings (SSSR count). The molecule has 44 heavy (non-hydrogen) atoms. The molecule has 0 saturated carbocycles. The molecule has 2 saturated heterocycles. The number of ether oxygens (including phenoxy) is 1. The first kappa shape index (κ1) is 29.7. The van der Waals surface area contributed by atoms with Crippen LogP contribution in [0.1, 0.15) is 19.3 Å². The van der Waals surface area contributed by atoms with E-state index in [0.717, 1.165) is 36.9 Å². The first-order valence-electron chi connectivity index (χ1n) is 14.5. The number of rotatable bonds is 8. The van der Waals surface area contributed by atoms with E-state index in [2.05, 4.69) is 14.9 Å². The Bertz CT molecular complexity index is 1780. The van der Waals surface area contributed by atoms with Crippen molar-refractivity contribution < 1.29 is 23.8 Å². The predicted octanol–water partition coefficient (Wildman–Crippen LogP) is 4.79. The van der Waals surface area contributed by atoms with Gasteiger partial charge in [0.1, 0.15) is 23.6 Å². The molecule has 2 atom stereocenters. The molecule has 10 nitrogen and oxygen atoms in total. The second-order valence-electron chi connectivity index (χ2n) is 11.3. The molecular weight excluding hydrogens is 587 g/mol. The summed E-state index contributed by atoms with van der Waals surface area (Å²) in [5, 5.41) is 11.3. The molecule has 2 aromatic heterocycles. The van der Waals surface area contributed by atoms with Gasteiger partial charge in [0.05, 0.1) is 5.39 Å². The third-order valence-electron chi connectivity index (χ3n) is 8.55. The van der Waals surface area contributed by atoms with Gasteiger partial charge in [0, 0.05) is 66.5 Å². The number of benzene rings is 2. The number of hydrogen-bond acceptors (Lipinski definition) is 8. The van der Waals surface area contributed by atoms with Crippen molar-refractivity contribution in [3.8, 4) is 17.3 Å². The highest BCUT2D eigenvalue weighted by Gasteiger charge is 2.31. The van der Waals surface area contributed by atoms with Gasteiger partial charge >= 0.3 is 12.0 Å². The number of carboxylic acids is 1. The summed E-state index contributed by atoms with van der Waals surface area (Å²) < 4.78 is 22.6. The molecule has 2 aromatic carbocycles. The summed E-state index contributed by atoms with van der Waals surface area (Å²) in [6, 6.07) is 11.2. The molecule has 4 heterocycles. The first-order chi connectivity index (χ1) is 21.2. The first-order valence-corrected chi connectivity index (χ1v) is 14.9. The van der Waals surface area contributed by atoms with E-state index < -0.39 is 11.8 Å². The molecule has 12 heteroatoms. The second kappa shape index (κ2) is 12.3. The lowest BCUT2D eigenvalue weighted by atomic mass is 10.0. The third kappa shape index (κ3) is 5.77. The number of anilines is 1. The highest BCUT2D eigenvalue weighted by molar-refractivity contribution is 6.36. The largest absolute Gasteiger partial charge is 0.478 e. The minimum absolute atomic E-state index is 0.0574. The summed E-state index contributed by atoms with van der Waals surface area (Å²) in [6.07, 6.45) is 6.13. The Balaban J connectivity index is 1.40. The fourth-order valence-electron chi connectivity index (χ4n) is 6.08. The van der Waals surface area contributed by atoms with E-state index in [1.165, 1.54) is 0 Å². The van der Waals surface area contributed by atoms with Crippen molar-refractivity contribution in [2.45, 2.75) is 31.3 Å². The van der Waals surface area contributed by atoms with Gasteiger partial charge in [-0.3, -0.25) is 9.78 Å². The van der Waals surface area contributed by atoms with Gasteiger partial charge in [-0.15, -0.1) is 0 Å². The highest BCUT2D eigenvalue weighted by atomic mass is 35.5. The summed E-state index contributed by atoms with van der Waals surface area (Å²) in [5.74, 6) is -1.75. The lowest BCUT2D eigenvalue weighted by Gasteiger charge is -2.27. The van der Waals surface area contributed by atoms with Gasteiger partial charge < -0.3 is 24.5 Å². The molecule has 0 bridgehead atoms. The van der Waals surface area contributed by atoms with E-state index in [4.69, 9.17) is 26.4 Å². The quantitative estimate of drug-likeness (QED) is 0.279. The van der Waals surface area contributed by atoms with Crippen LogP contribution in [0.4, 0.5) is 10.2 Å². The fourth-order valence-corrected chi connectivity index (χ4v) is 6.36. The normalized spacial score (nSPS) is 19.0. The molecule has 1 N–H and O–H groups in total. The molecule has 2 aliphatic heterocycles. The summed E-state index contributed by atoms with van der Waals surface area (Å²) >= 11 is 6.56. The Hall–Kier alpha value is -4.35. The third-order valence-corrected chi connectivity index (χ3v) is 8.87. The van der Waals surface area contributed by atoms with Crippen molar-refractivity contribution in [3.05, 3.63) is 65.6 Å². The SMILES string of the molecule is CN1CCC[C@H]1COc1nc(N(C)[C@H]2CCN(C(=O)/C=C/C(=O)O)C2)c2cnc(-c3cccc4cccc(Cl)c34)c(F)c2n1. The van der Waals surface area contributed by atoms with Crippen LogP contribution in [-0.2, 0) is 9.59 Å². The molecule has 1 amide bonds. The van der Waals surface area contributed by atoms with Crippen molar-refractivity contribution in [1.82, 2.24) is 24.8 Å². The number of fused-ring (bicyclic) bond motifs is 2. The number of aromatic nitrogens is 3. The number of amides is 1. The molecule has 0 radical (unpaired) electrons. The van der Waals surface area contributed by atoms with Crippen molar-refractivity contribution in [3.63, 3.8) is 0 Å². The number of pyridine rings is 1. The maximum Gasteiger partial charge on any atom is 0.328 e. The van der Waals surface area contributed by atoms with Gasteiger partial charge in [-0.1, -0.05) is 41.9 Å². The van der Waals surface area contributed by atoms with E-state index in [0.29, 0.717) is 53.3 Å². The molecule has 0 unspecified atom stereocenters. The second-order valence-corrected chi connectivity index (χ2v) is 11.7. The van der Waals surface area contributed by atoms with Crippen molar-refractivity contribution in [1.29, 1.82) is 0 Å². The monoisotopic (exact) mass is 618 g/mol. The van der Waals surface area contributed by atoms with Crippen molar-refractivity contribution in [2.75, 3.05) is 45.2 Å². The Morgan fingerprint density at radius 3 is 2.70 bits per heavy atom. The number of nitrogens with zero attached hydrogens (tertiary/aromatic N) is 6. The lowest BCUT2D eigenvalue weighted by Crippen LogP contribution is -2.37. The maximum atomic E-state index is 16.5. The predicted molar refractivity (Wildman–Crippen MR) is 167 cm³/mol. The average molecular weight is 619 g/mol. The van der Waals surface area contributed by atoms with Crippen LogP contribution >= 0.6 is 11.6 Å². The van der Waals surface area contributed by atoms with Crippen LogP contribution in [-0.4, -0.2) is 94.2 Å². The van der Waals surface area contributed by atoms with Crippen LogP contribution in [0, 0.1) is 5.82 Å². The van der Waals surface area contributed by atoms with Crippen LogP contribution in [0.15, 0.2) is 54.7 Å². The number of likely N-dealkylation sites (tertiary alicyclic amines) is 2. The molecule has 2 aliphatic rings.